The van der Waals surface area contributed by atoms with Gasteiger partial charge in [-0.1, -0.05) is 36.5 Å². The van der Waals surface area contributed by atoms with E-state index < -0.39 is 0 Å². The highest BCUT2D eigenvalue weighted by Crippen LogP contribution is 2.27. The minimum Gasteiger partial charge on any atom is -0.497 e. The van der Waals surface area contributed by atoms with Crippen LogP contribution in [-0.2, 0) is 6.42 Å². The molecule has 0 aliphatic heterocycles. The van der Waals surface area contributed by atoms with Crippen LogP contribution < -0.4 is 10.1 Å². The van der Waals surface area contributed by atoms with Gasteiger partial charge in [-0.25, -0.2) is 4.68 Å². The van der Waals surface area contributed by atoms with Crippen molar-refractivity contribution in [2.45, 2.75) is 13.3 Å². The third kappa shape index (κ3) is 4.02. The van der Waals surface area contributed by atoms with E-state index in [4.69, 9.17) is 4.74 Å². The maximum absolute atomic E-state index is 13.0. The fourth-order valence-corrected chi connectivity index (χ4v) is 3.50. The molecule has 146 valence electrons. The number of carbonyl (C=O) groups is 1. The number of benzene rings is 2. The van der Waals surface area contributed by atoms with E-state index in [9.17, 15) is 4.79 Å². The Morgan fingerprint density at radius 3 is 2.52 bits per heavy atom. The summed E-state index contributed by atoms with van der Waals surface area (Å²) in [6, 6.07) is 17.1. The Morgan fingerprint density at radius 2 is 1.86 bits per heavy atom. The van der Waals surface area contributed by atoms with Gasteiger partial charge in [-0.2, -0.15) is 5.10 Å². The number of hydrogen-bond donors (Lipinski definition) is 1. The highest BCUT2D eigenvalue weighted by atomic mass is 32.1. The number of aryl methyl sites for hydroxylation is 1. The monoisotopic (exact) mass is 405 g/mol. The largest absolute Gasteiger partial charge is 0.497 e. The van der Waals surface area contributed by atoms with Crippen LogP contribution >= 0.6 is 11.3 Å². The minimum atomic E-state index is -0.281. The van der Waals surface area contributed by atoms with Crippen molar-refractivity contribution in [3.05, 3.63) is 71.4 Å². The molecule has 8 heteroatoms. The van der Waals surface area contributed by atoms with Crippen molar-refractivity contribution in [3.63, 3.8) is 0 Å². The fourth-order valence-electron chi connectivity index (χ4n) is 2.83. The van der Waals surface area contributed by atoms with Gasteiger partial charge >= 0.3 is 0 Å². The molecule has 7 nitrogen and oxygen atoms in total. The molecular formula is C21H19N5O2S. The number of nitrogens with zero attached hydrogens (tertiary/aromatic N) is 4. The average molecular weight is 405 g/mol. The normalized spacial score (nSPS) is 10.7. The lowest BCUT2D eigenvalue weighted by Crippen LogP contribution is -2.12. The molecule has 0 saturated heterocycles. The Hall–Kier alpha value is -3.52. The predicted molar refractivity (Wildman–Crippen MR) is 113 cm³/mol. The summed E-state index contributed by atoms with van der Waals surface area (Å²) in [5.74, 6) is 0.458. The van der Waals surface area contributed by atoms with E-state index in [0.717, 1.165) is 28.4 Å². The highest BCUT2D eigenvalue weighted by Gasteiger charge is 2.20. The van der Waals surface area contributed by atoms with Gasteiger partial charge in [-0.15, -0.1) is 10.2 Å². The standard InChI is InChI=1S/C21H19N5O2S/c1-3-18-23-24-21(29-18)22-20(27)17-13-26(15-7-5-4-6-8-15)25-19(17)14-9-11-16(28-2)12-10-14/h4-13H,3H2,1-2H3,(H,22,24,27). The number of anilines is 1. The third-order valence-corrected chi connectivity index (χ3v) is 5.32. The molecule has 0 bridgehead atoms. The van der Waals surface area contributed by atoms with Crippen LogP contribution in [0.3, 0.4) is 0 Å². The second-order valence-corrected chi connectivity index (χ2v) is 7.27. The van der Waals surface area contributed by atoms with Crippen LogP contribution in [0.5, 0.6) is 5.75 Å². The number of methoxy groups -OCH3 is 1. The first kappa shape index (κ1) is 18.8. The zero-order valence-corrected chi connectivity index (χ0v) is 16.8. The van der Waals surface area contributed by atoms with Crippen LogP contribution in [0.2, 0.25) is 0 Å². The summed E-state index contributed by atoms with van der Waals surface area (Å²) in [5.41, 5.74) is 2.71. The van der Waals surface area contributed by atoms with Crippen LogP contribution in [0.4, 0.5) is 5.13 Å². The zero-order valence-electron chi connectivity index (χ0n) is 16.0. The first-order valence-electron chi connectivity index (χ1n) is 9.11. The smallest absolute Gasteiger partial charge is 0.261 e. The van der Waals surface area contributed by atoms with Gasteiger partial charge in [0.25, 0.3) is 5.91 Å². The SMILES string of the molecule is CCc1nnc(NC(=O)c2cn(-c3ccccc3)nc2-c2ccc(OC)cc2)s1. The molecule has 0 atom stereocenters. The molecule has 1 N–H and O–H groups in total. The van der Waals surface area contributed by atoms with Crippen molar-refractivity contribution in [3.8, 4) is 22.7 Å². The van der Waals surface area contributed by atoms with Gasteiger partial charge in [0.15, 0.2) is 0 Å². The van der Waals surface area contributed by atoms with E-state index in [1.54, 1.807) is 18.0 Å². The molecule has 0 radical (unpaired) electrons. The lowest BCUT2D eigenvalue weighted by molar-refractivity contribution is 0.102. The van der Waals surface area contributed by atoms with E-state index in [0.29, 0.717) is 16.4 Å². The van der Waals surface area contributed by atoms with Crippen molar-refractivity contribution in [2.75, 3.05) is 12.4 Å². The molecule has 4 rings (SSSR count). The van der Waals surface area contributed by atoms with Gasteiger partial charge in [0.2, 0.25) is 5.13 Å². The summed E-state index contributed by atoms with van der Waals surface area (Å²) in [6.07, 6.45) is 2.50. The van der Waals surface area contributed by atoms with Crippen molar-refractivity contribution < 1.29 is 9.53 Å². The zero-order chi connectivity index (χ0) is 20.2. The summed E-state index contributed by atoms with van der Waals surface area (Å²) in [7, 11) is 1.62. The number of rotatable bonds is 6. The Labute approximate surface area is 172 Å². The van der Waals surface area contributed by atoms with Crippen LogP contribution in [0.1, 0.15) is 22.3 Å². The van der Waals surface area contributed by atoms with Gasteiger partial charge in [0.05, 0.1) is 18.4 Å². The first-order valence-corrected chi connectivity index (χ1v) is 9.93. The number of para-hydroxylation sites is 1. The Balaban J connectivity index is 1.73. The number of hydrogen-bond acceptors (Lipinski definition) is 6. The number of ether oxygens (including phenoxy) is 1. The molecule has 0 unspecified atom stereocenters. The molecule has 2 aromatic carbocycles. The number of nitrogens with one attached hydrogen (secondary N) is 1. The van der Waals surface area contributed by atoms with Gasteiger partial charge in [0.1, 0.15) is 16.5 Å². The van der Waals surface area contributed by atoms with Crippen molar-refractivity contribution >= 4 is 22.4 Å². The average Bonchev–Trinajstić information content (AvgIpc) is 3.41. The Morgan fingerprint density at radius 1 is 1.10 bits per heavy atom. The summed E-state index contributed by atoms with van der Waals surface area (Å²) in [4.78, 5) is 13.0. The number of amides is 1. The summed E-state index contributed by atoms with van der Waals surface area (Å²) in [5, 5.41) is 16.9. The molecule has 2 heterocycles. The lowest BCUT2D eigenvalue weighted by Gasteiger charge is -2.04. The molecule has 0 aliphatic carbocycles. The van der Waals surface area contributed by atoms with Crippen LogP contribution in [-0.4, -0.2) is 33.0 Å². The van der Waals surface area contributed by atoms with E-state index in [2.05, 4.69) is 20.6 Å². The number of aromatic nitrogens is 4. The van der Waals surface area contributed by atoms with Crippen molar-refractivity contribution in [2.24, 2.45) is 0 Å². The van der Waals surface area contributed by atoms with Crippen LogP contribution in [0.15, 0.2) is 60.8 Å². The first-order chi connectivity index (χ1) is 14.2. The molecule has 0 saturated carbocycles. The lowest BCUT2D eigenvalue weighted by atomic mass is 10.1. The van der Waals surface area contributed by atoms with Crippen molar-refractivity contribution in [1.82, 2.24) is 20.0 Å². The third-order valence-electron chi connectivity index (χ3n) is 4.33. The van der Waals surface area contributed by atoms with Gasteiger partial charge in [0, 0.05) is 11.8 Å². The van der Waals surface area contributed by atoms with Gasteiger partial charge < -0.3 is 4.74 Å². The number of carbonyl (C=O) groups excluding carboxylic acids is 1. The molecule has 4 aromatic rings. The summed E-state index contributed by atoms with van der Waals surface area (Å²) in [6.45, 7) is 2.00. The Bertz CT molecular complexity index is 1120. The predicted octanol–water partition coefficient (Wildman–Crippen LogP) is 4.21. The van der Waals surface area contributed by atoms with Crippen LogP contribution in [0.25, 0.3) is 16.9 Å². The topological polar surface area (TPSA) is 81.9 Å². The Kier molecular flexibility index (Phi) is 5.35. The van der Waals surface area contributed by atoms with E-state index in [1.807, 2.05) is 61.5 Å². The van der Waals surface area contributed by atoms with Crippen molar-refractivity contribution in [1.29, 1.82) is 0 Å². The molecule has 29 heavy (non-hydrogen) atoms. The highest BCUT2D eigenvalue weighted by molar-refractivity contribution is 7.15. The van der Waals surface area contributed by atoms with E-state index in [1.165, 1.54) is 11.3 Å². The summed E-state index contributed by atoms with van der Waals surface area (Å²) < 4.78 is 6.93. The molecule has 0 fully saturated rings. The molecule has 1 amide bonds. The minimum absolute atomic E-state index is 0.281. The van der Waals surface area contributed by atoms with Gasteiger partial charge in [-0.3, -0.25) is 10.1 Å². The van der Waals surface area contributed by atoms with E-state index >= 15 is 0 Å². The second kappa shape index (κ2) is 8.24. The maximum Gasteiger partial charge on any atom is 0.261 e. The molecular weight excluding hydrogens is 386 g/mol. The van der Waals surface area contributed by atoms with E-state index in [-0.39, 0.29) is 5.91 Å². The quantitative estimate of drug-likeness (QED) is 0.520. The summed E-state index contributed by atoms with van der Waals surface area (Å²) >= 11 is 1.37. The van der Waals surface area contributed by atoms with Gasteiger partial charge in [-0.05, 0) is 42.8 Å². The second-order valence-electron chi connectivity index (χ2n) is 6.21. The maximum atomic E-state index is 13.0. The van der Waals surface area contributed by atoms with Crippen LogP contribution in [0, 0.1) is 0 Å². The fraction of sp³-hybridized carbons (Fsp3) is 0.143. The molecule has 0 spiro atoms. The molecule has 0 aliphatic rings. The molecule has 2 aromatic heterocycles.